The van der Waals surface area contributed by atoms with Gasteiger partial charge in [-0.2, -0.15) is 11.8 Å². The first kappa shape index (κ1) is 13.8. The second-order valence-corrected chi connectivity index (χ2v) is 6.65. The molecule has 6 heteroatoms. The smallest absolute Gasteiger partial charge is 0.354 e. The van der Waals surface area contributed by atoms with Crippen LogP contribution in [-0.2, 0) is 18.7 Å². The van der Waals surface area contributed by atoms with Gasteiger partial charge in [0.1, 0.15) is 5.82 Å². The lowest BCUT2D eigenvalue weighted by Gasteiger charge is -2.18. The summed E-state index contributed by atoms with van der Waals surface area (Å²) < 4.78 is 0. The van der Waals surface area contributed by atoms with E-state index in [4.69, 9.17) is 0 Å². The monoisotopic (exact) mass is 293 g/mol. The fourth-order valence-electron chi connectivity index (χ4n) is 2.88. The van der Waals surface area contributed by atoms with E-state index >= 15 is 0 Å². The van der Waals surface area contributed by atoms with E-state index in [0.717, 1.165) is 30.0 Å². The molecule has 0 radical (unpaired) electrons. The number of carboxylic acids is 1. The Kier molecular flexibility index (Phi) is 4.21. The molecule has 1 aromatic rings. The van der Waals surface area contributed by atoms with Crippen molar-refractivity contribution in [1.82, 2.24) is 15.3 Å². The molecule has 2 N–H and O–H groups in total. The fraction of sp³-hybridized carbons (Fsp3) is 0.643. The van der Waals surface area contributed by atoms with Crippen molar-refractivity contribution in [2.45, 2.75) is 49.7 Å². The molecule has 1 aliphatic heterocycles. The van der Waals surface area contributed by atoms with Gasteiger partial charge in [0.25, 0.3) is 0 Å². The number of carboxylic acid groups (broad SMARTS) is 1. The van der Waals surface area contributed by atoms with E-state index in [1.54, 1.807) is 0 Å². The first-order valence-electron chi connectivity index (χ1n) is 7.18. The number of fused-ring (bicyclic) bond motifs is 1. The Bertz CT molecular complexity index is 515. The van der Waals surface area contributed by atoms with Gasteiger partial charge in [-0.1, -0.05) is 12.8 Å². The van der Waals surface area contributed by atoms with Crippen molar-refractivity contribution in [3.05, 3.63) is 22.8 Å². The molecule has 1 saturated carbocycles. The lowest BCUT2D eigenvalue weighted by Crippen LogP contribution is -2.28. The van der Waals surface area contributed by atoms with Crippen molar-refractivity contribution in [3.63, 3.8) is 0 Å². The quantitative estimate of drug-likeness (QED) is 0.884. The Morgan fingerprint density at radius 3 is 2.90 bits per heavy atom. The van der Waals surface area contributed by atoms with Gasteiger partial charge in [0.05, 0.1) is 11.4 Å². The van der Waals surface area contributed by atoms with Crippen LogP contribution in [-0.4, -0.2) is 32.8 Å². The van der Waals surface area contributed by atoms with Crippen LogP contribution >= 0.6 is 11.8 Å². The maximum absolute atomic E-state index is 11.4. The Hall–Kier alpha value is -1.14. The lowest BCUT2D eigenvalue weighted by atomic mass is 10.1. The van der Waals surface area contributed by atoms with Crippen LogP contribution in [0.5, 0.6) is 0 Å². The molecular formula is C14H19N3O2S. The summed E-state index contributed by atoms with van der Waals surface area (Å²) in [6.07, 6.45) is 5.96. The molecule has 0 spiro atoms. The Labute approximate surface area is 122 Å². The van der Waals surface area contributed by atoms with E-state index in [0.29, 0.717) is 17.6 Å². The number of rotatable bonds is 4. The molecule has 2 aliphatic rings. The first-order chi connectivity index (χ1) is 9.74. The molecule has 0 bridgehead atoms. The van der Waals surface area contributed by atoms with Crippen LogP contribution in [0.25, 0.3) is 0 Å². The summed E-state index contributed by atoms with van der Waals surface area (Å²) in [7, 11) is 0. The highest BCUT2D eigenvalue weighted by atomic mass is 32.2. The molecule has 0 atom stereocenters. The summed E-state index contributed by atoms with van der Waals surface area (Å²) >= 11 is 1.87. The SMILES string of the molecule is O=C(O)c1nc(CSC2CCCC2)nc2c1CNCC2. The van der Waals surface area contributed by atoms with Crippen molar-refractivity contribution in [1.29, 1.82) is 0 Å². The van der Waals surface area contributed by atoms with E-state index in [1.165, 1.54) is 25.7 Å². The predicted molar refractivity (Wildman–Crippen MR) is 78.0 cm³/mol. The Balaban J connectivity index is 1.79. The van der Waals surface area contributed by atoms with Gasteiger partial charge < -0.3 is 10.4 Å². The fourth-order valence-corrected chi connectivity index (χ4v) is 4.06. The number of hydrogen-bond donors (Lipinski definition) is 2. The number of hydrogen-bond acceptors (Lipinski definition) is 5. The summed E-state index contributed by atoms with van der Waals surface area (Å²) in [5, 5.41) is 13.2. The van der Waals surface area contributed by atoms with Gasteiger partial charge in [0, 0.05) is 30.3 Å². The number of thioether (sulfide) groups is 1. The normalized spacial score (nSPS) is 19.0. The van der Waals surface area contributed by atoms with E-state index in [1.807, 2.05) is 11.8 Å². The van der Waals surface area contributed by atoms with Crippen molar-refractivity contribution < 1.29 is 9.90 Å². The Morgan fingerprint density at radius 1 is 1.35 bits per heavy atom. The highest BCUT2D eigenvalue weighted by Gasteiger charge is 2.22. The topological polar surface area (TPSA) is 75.1 Å². The van der Waals surface area contributed by atoms with Crippen molar-refractivity contribution in [2.75, 3.05) is 6.54 Å². The third-order valence-electron chi connectivity index (χ3n) is 3.93. The number of aromatic nitrogens is 2. The minimum Gasteiger partial charge on any atom is -0.476 e. The summed E-state index contributed by atoms with van der Waals surface area (Å²) in [4.78, 5) is 20.2. The zero-order valence-electron chi connectivity index (χ0n) is 11.4. The van der Waals surface area contributed by atoms with Gasteiger partial charge in [-0.05, 0) is 12.8 Å². The standard InChI is InChI=1S/C14H19N3O2S/c18-14(19)13-10-7-15-6-5-11(10)16-12(17-13)8-20-9-3-1-2-4-9/h9,15H,1-8H2,(H,18,19). The average Bonchev–Trinajstić information content (AvgIpc) is 2.97. The van der Waals surface area contributed by atoms with Gasteiger partial charge >= 0.3 is 5.97 Å². The molecule has 108 valence electrons. The van der Waals surface area contributed by atoms with Crippen molar-refractivity contribution in [3.8, 4) is 0 Å². The largest absolute Gasteiger partial charge is 0.476 e. The van der Waals surface area contributed by atoms with Crippen LogP contribution < -0.4 is 5.32 Å². The molecule has 0 aromatic carbocycles. The first-order valence-corrected chi connectivity index (χ1v) is 8.23. The molecule has 3 rings (SSSR count). The number of aromatic carboxylic acids is 1. The molecule has 5 nitrogen and oxygen atoms in total. The van der Waals surface area contributed by atoms with Crippen LogP contribution in [0.3, 0.4) is 0 Å². The zero-order chi connectivity index (χ0) is 13.9. The minimum atomic E-state index is -0.945. The van der Waals surface area contributed by atoms with Crippen LogP contribution in [0.4, 0.5) is 0 Å². The Morgan fingerprint density at radius 2 is 2.15 bits per heavy atom. The average molecular weight is 293 g/mol. The summed E-state index contributed by atoms with van der Waals surface area (Å²) in [5.74, 6) is 0.463. The second-order valence-electron chi connectivity index (χ2n) is 5.36. The number of nitrogens with one attached hydrogen (secondary N) is 1. The lowest BCUT2D eigenvalue weighted by molar-refractivity contribution is 0.0688. The summed E-state index contributed by atoms with van der Waals surface area (Å²) in [6, 6.07) is 0. The van der Waals surface area contributed by atoms with E-state index in [2.05, 4.69) is 15.3 Å². The van der Waals surface area contributed by atoms with Crippen molar-refractivity contribution in [2.24, 2.45) is 0 Å². The minimum absolute atomic E-state index is 0.184. The molecular weight excluding hydrogens is 274 g/mol. The van der Waals surface area contributed by atoms with Gasteiger partial charge in [-0.3, -0.25) is 0 Å². The highest BCUT2D eigenvalue weighted by Crippen LogP contribution is 2.31. The highest BCUT2D eigenvalue weighted by molar-refractivity contribution is 7.99. The maximum Gasteiger partial charge on any atom is 0.354 e. The zero-order valence-corrected chi connectivity index (χ0v) is 12.2. The van der Waals surface area contributed by atoms with Crippen molar-refractivity contribution >= 4 is 17.7 Å². The third kappa shape index (κ3) is 2.96. The summed E-state index contributed by atoms with van der Waals surface area (Å²) in [5.41, 5.74) is 1.86. The van der Waals surface area contributed by atoms with Gasteiger partial charge in [0.2, 0.25) is 0 Å². The van der Waals surface area contributed by atoms with Crippen LogP contribution in [0, 0.1) is 0 Å². The van der Waals surface area contributed by atoms with Gasteiger partial charge in [-0.15, -0.1) is 0 Å². The van der Waals surface area contributed by atoms with E-state index in [9.17, 15) is 9.90 Å². The molecule has 1 aromatic heterocycles. The molecule has 1 aliphatic carbocycles. The molecule has 0 unspecified atom stereocenters. The number of nitrogens with zero attached hydrogens (tertiary/aromatic N) is 2. The molecule has 1 fully saturated rings. The maximum atomic E-state index is 11.4. The number of carbonyl (C=O) groups is 1. The van der Waals surface area contributed by atoms with Crippen LogP contribution in [0.2, 0.25) is 0 Å². The van der Waals surface area contributed by atoms with E-state index < -0.39 is 5.97 Å². The molecule has 0 amide bonds. The van der Waals surface area contributed by atoms with Crippen LogP contribution in [0.15, 0.2) is 0 Å². The van der Waals surface area contributed by atoms with Gasteiger partial charge in [-0.25, -0.2) is 14.8 Å². The predicted octanol–water partition coefficient (Wildman–Crippen LogP) is 2.00. The van der Waals surface area contributed by atoms with E-state index in [-0.39, 0.29) is 5.69 Å². The molecule has 0 saturated heterocycles. The molecule has 2 heterocycles. The third-order valence-corrected chi connectivity index (χ3v) is 5.30. The second kappa shape index (κ2) is 6.10. The molecule has 20 heavy (non-hydrogen) atoms. The van der Waals surface area contributed by atoms with Gasteiger partial charge in [0.15, 0.2) is 5.69 Å². The summed E-state index contributed by atoms with van der Waals surface area (Å²) in [6.45, 7) is 1.42. The van der Waals surface area contributed by atoms with Crippen LogP contribution in [0.1, 0.15) is 53.3 Å².